The van der Waals surface area contributed by atoms with Crippen molar-refractivity contribution in [3.8, 4) is 5.75 Å². The first-order valence-corrected chi connectivity index (χ1v) is 5.25. The van der Waals surface area contributed by atoms with Gasteiger partial charge in [0, 0.05) is 12.2 Å². The van der Waals surface area contributed by atoms with E-state index in [4.69, 9.17) is 4.74 Å². The number of carbonyl (C=O) groups excluding carboxylic acids is 2. The van der Waals surface area contributed by atoms with Gasteiger partial charge in [-0.1, -0.05) is 17.7 Å². The Morgan fingerprint density at radius 2 is 1.71 bits per heavy atom. The minimum atomic E-state index is -0.609. The molecule has 0 radical (unpaired) electrons. The van der Waals surface area contributed by atoms with Gasteiger partial charge in [0.15, 0.2) is 0 Å². The summed E-state index contributed by atoms with van der Waals surface area (Å²) in [5.41, 5.74) is 1.08. The van der Waals surface area contributed by atoms with Crippen molar-refractivity contribution in [3.05, 3.63) is 42.0 Å². The maximum absolute atomic E-state index is 11.3. The second-order valence-corrected chi connectivity index (χ2v) is 3.32. The van der Waals surface area contributed by atoms with Crippen LogP contribution in [0.25, 0.3) is 0 Å². The van der Waals surface area contributed by atoms with E-state index in [0.717, 1.165) is 17.7 Å². The second-order valence-electron chi connectivity index (χ2n) is 3.32. The van der Waals surface area contributed by atoms with Crippen LogP contribution in [-0.4, -0.2) is 18.5 Å². The number of carbonyl (C=O) groups is 2. The van der Waals surface area contributed by atoms with E-state index >= 15 is 0 Å². The zero-order valence-electron chi connectivity index (χ0n) is 9.80. The van der Waals surface area contributed by atoms with Crippen molar-refractivity contribution < 1.29 is 19.1 Å². The summed E-state index contributed by atoms with van der Waals surface area (Å²) in [6, 6.07) is 7.03. The third kappa shape index (κ3) is 4.97. The lowest BCUT2D eigenvalue weighted by Gasteiger charge is -2.01. The van der Waals surface area contributed by atoms with Crippen LogP contribution in [0.3, 0.4) is 0 Å². The van der Waals surface area contributed by atoms with E-state index in [9.17, 15) is 9.59 Å². The highest BCUT2D eigenvalue weighted by atomic mass is 16.5. The van der Waals surface area contributed by atoms with Gasteiger partial charge in [-0.25, -0.2) is 9.59 Å². The predicted octanol–water partition coefficient (Wildman–Crippen LogP) is 2.02. The third-order valence-electron chi connectivity index (χ3n) is 1.88. The maximum atomic E-state index is 11.3. The average molecular weight is 234 g/mol. The Morgan fingerprint density at radius 1 is 1.12 bits per heavy atom. The van der Waals surface area contributed by atoms with E-state index in [0.29, 0.717) is 5.75 Å². The summed E-state index contributed by atoms with van der Waals surface area (Å²) < 4.78 is 9.59. The molecule has 0 saturated carbocycles. The number of esters is 2. The standard InChI is InChI=1S/C13H14O4/c1-3-16-12(14)8-9-13(15)17-11-6-4-10(2)5-7-11/h4-9H,3H2,1-2H3/b9-8+. The Labute approximate surface area is 99.8 Å². The van der Waals surface area contributed by atoms with Crippen molar-refractivity contribution in [2.45, 2.75) is 13.8 Å². The molecule has 0 atom stereocenters. The molecule has 17 heavy (non-hydrogen) atoms. The number of hydrogen-bond donors (Lipinski definition) is 0. The first-order chi connectivity index (χ1) is 8.11. The average Bonchev–Trinajstić information content (AvgIpc) is 2.30. The lowest BCUT2D eigenvalue weighted by molar-refractivity contribution is -0.138. The smallest absolute Gasteiger partial charge is 0.336 e. The molecule has 0 amide bonds. The summed E-state index contributed by atoms with van der Waals surface area (Å²) in [6.45, 7) is 3.90. The van der Waals surface area contributed by atoms with Crippen LogP contribution in [-0.2, 0) is 14.3 Å². The van der Waals surface area contributed by atoms with Crippen molar-refractivity contribution in [1.29, 1.82) is 0 Å². The summed E-state index contributed by atoms with van der Waals surface area (Å²) in [6.07, 6.45) is 2.08. The molecule has 4 heteroatoms. The molecular weight excluding hydrogens is 220 g/mol. The van der Waals surface area contributed by atoms with Gasteiger partial charge < -0.3 is 9.47 Å². The van der Waals surface area contributed by atoms with Gasteiger partial charge in [0.25, 0.3) is 0 Å². The van der Waals surface area contributed by atoms with Crippen molar-refractivity contribution in [2.75, 3.05) is 6.61 Å². The molecule has 0 aliphatic rings. The summed E-state index contributed by atoms with van der Waals surface area (Å²) in [4.78, 5) is 22.2. The molecule has 0 saturated heterocycles. The zero-order valence-corrected chi connectivity index (χ0v) is 9.80. The highest BCUT2D eigenvalue weighted by molar-refractivity contribution is 5.92. The van der Waals surface area contributed by atoms with E-state index in [1.54, 1.807) is 19.1 Å². The van der Waals surface area contributed by atoms with Crippen molar-refractivity contribution in [2.24, 2.45) is 0 Å². The highest BCUT2D eigenvalue weighted by Gasteiger charge is 2.01. The quantitative estimate of drug-likeness (QED) is 0.454. The van der Waals surface area contributed by atoms with Gasteiger partial charge in [-0.2, -0.15) is 0 Å². The van der Waals surface area contributed by atoms with E-state index in [-0.39, 0.29) is 6.61 Å². The molecular formula is C13H14O4. The number of ether oxygens (including phenoxy) is 2. The van der Waals surface area contributed by atoms with Gasteiger partial charge in [0.2, 0.25) is 0 Å². The molecule has 4 nitrogen and oxygen atoms in total. The Hall–Kier alpha value is -2.10. The molecule has 0 aliphatic carbocycles. The summed E-state index contributed by atoms with van der Waals surface area (Å²) >= 11 is 0. The SMILES string of the molecule is CCOC(=O)/C=C/C(=O)Oc1ccc(C)cc1. The Bertz CT molecular complexity index is 418. The number of aryl methyl sites for hydroxylation is 1. The minimum Gasteiger partial charge on any atom is -0.463 e. The Balaban J connectivity index is 2.49. The van der Waals surface area contributed by atoms with Gasteiger partial charge in [-0.3, -0.25) is 0 Å². The van der Waals surface area contributed by atoms with E-state index in [2.05, 4.69) is 4.74 Å². The Kier molecular flexibility index (Phi) is 4.94. The van der Waals surface area contributed by atoms with Crippen LogP contribution in [0.4, 0.5) is 0 Å². The summed E-state index contributed by atoms with van der Waals surface area (Å²) in [5, 5.41) is 0. The van der Waals surface area contributed by atoms with Crippen LogP contribution in [0.5, 0.6) is 5.75 Å². The largest absolute Gasteiger partial charge is 0.463 e. The Morgan fingerprint density at radius 3 is 2.29 bits per heavy atom. The molecule has 0 spiro atoms. The topological polar surface area (TPSA) is 52.6 Å². The molecule has 1 aromatic carbocycles. The van der Waals surface area contributed by atoms with E-state index in [1.165, 1.54) is 0 Å². The number of hydrogen-bond acceptors (Lipinski definition) is 4. The van der Waals surface area contributed by atoms with Crippen molar-refractivity contribution in [1.82, 2.24) is 0 Å². The molecule has 1 aromatic rings. The molecule has 0 heterocycles. The molecule has 90 valence electrons. The first kappa shape index (κ1) is 13.0. The van der Waals surface area contributed by atoms with Crippen LogP contribution in [0.2, 0.25) is 0 Å². The van der Waals surface area contributed by atoms with Gasteiger partial charge in [0.05, 0.1) is 6.61 Å². The van der Waals surface area contributed by atoms with Crippen molar-refractivity contribution >= 4 is 11.9 Å². The molecule has 0 aromatic heterocycles. The normalized spacial score (nSPS) is 10.2. The van der Waals surface area contributed by atoms with Gasteiger partial charge in [-0.05, 0) is 26.0 Å². The van der Waals surface area contributed by atoms with Crippen LogP contribution in [0.1, 0.15) is 12.5 Å². The van der Waals surface area contributed by atoms with Crippen LogP contribution < -0.4 is 4.74 Å². The fourth-order valence-corrected chi connectivity index (χ4v) is 1.08. The molecule has 0 unspecified atom stereocenters. The monoisotopic (exact) mass is 234 g/mol. The lowest BCUT2D eigenvalue weighted by atomic mass is 10.2. The van der Waals surface area contributed by atoms with Gasteiger partial charge in [0.1, 0.15) is 5.75 Å². The summed E-state index contributed by atoms with van der Waals surface area (Å²) in [5.74, 6) is -0.732. The zero-order chi connectivity index (χ0) is 12.7. The van der Waals surface area contributed by atoms with Crippen LogP contribution in [0, 0.1) is 6.92 Å². The van der Waals surface area contributed by atoms with E-state index in [1.807, 2.05) is 19.1 Å². The molecule has 0 fully saturated rings. The van der Waals surface area contributed by atoms with Gasteiger partial charge >= 0.3 is 11.9 Å². The molecule has 1 rings (SSSR count). The number of benzene rings is 1. The fraction of sp³-hybridized carbons (Fsp3) is 0.231. The minimum absolute atomic E-state index is 0.274. The highest BCUT2D eigenvalue weighted by Crippen LogP contribution is 2.11. The van der Waals surface area contributed by atoms with Crippen molar-refractivity contribution in [3.63, 3.8) is 0 Å². The van der Waals surface area contributed by atoms with Crippen LogP contribution >= 0.6 is 0 Å². The summed E-state index contributed by atoms with van der Waals surface area (Å²) in [7, 11) is 0. The fourth-order valence-electron chi connectivity index (χ4n) is 1.08. The second kappa shape index (κ2) is 6.48. The lowest BCUT2D eigenvalue weighted by Crippen LogP contribution is -2.06. The maximum Gasteiger partial charge on any atom is 0.336 e. The van der Waals surface area contributed by atoms with Gasteiger partial charge in [-0.15, -0.1) is 0 Å². The first-order valence-electron chi connectivity index (χ1n) is 5.25. The molecule has 0 aliphatic heterocycles. The predicted molar refractivity (Wildman–Crippen MR) is 62.6 cm³/mol. The third-order valence-corrected chi connectivity index (χ3v) is 1.88. The van der Waals surface area contributed by atoms with E-state index < -0.39 is 11.9 Å². The van der Waals surface area contributed by atoms with Crippen LogP contribution in [0.15, 0.2) is 36.4 Å². The number of rotatable bonds is 4. The molecule has 0 N–H and O–H groups in total. The molecule has 0 bridgehead atoms.